The van der Waals surface area contributed by atoms with Crippen LogP contribution in [-0.4, -0.2) is 4.98 Å². The summed E-state index contributed by atoms with van der Waals surface area (Å²) in [5.74, 6) is 0. The number of aromatic nitrogens is 1. The van der Waals surface area contributed by atoms with Gasteiger partial charge in [0.2, 0.25) is 0 Å². The van der Waals surface area contributed by atoms with Crippen molar-refractivity contribution in [2.75, 3.05) is 0 Å². The van der Waals surface area contributed by atoms with Crippen molar-refractivity contribution in [1.82, 2.24) is 4.98 Å². The van der Waals surface area contributed by atoms with Gasteiger partial charge in [-0.05, 0) is 29.1 Å². The second-order valence-corrected chi connectivity index (χ2v) is 4.85. The maximum atomic E-state index is 12.5. The van der Waals surface area contributed by atoms with Crippen molar-refractivity contribution in [2.24, 2.45) is 0 Å². The summed E-state index contributed by atoms with van der Waals surface area (Å²) in [7, 11) is 0. The molecule has 21 heavy (non-hydrogen) atoms. The lowest BCUT2D eigenvalue weighted by Crippen LogP contribution is -2.04. The molecule has 106 valence electrons. The van der Waals surface area contributed by atoms with Crippen molar-refractivity contribution in [1.29, 1.82) is 0 Å². The number of benzene rings is 2. The molecule has 0 aliphatic heterocycles. The Balaban J connectivity index is 1.92. The summed E-state index contributed by atoms with van der Waals surface area (Å²) < 4.78 is 37.6. The average molecular weight is 287 g/mol. The van der Waals surface area contributed by atoms with E-state index < -0.39 is 11.7 Å². The van der Waals surface area contributed by atoms with Crippen LogP contribution in [0.2, 0.25) is 0 Å². The lowest BCUT2D eigenvalue weighted by Gasteiger charge is -2.08. The Bertz CT molecular complexity index is 756. The molecule has 0 N–H and O–H groups in total. The van der Waals surface area contributed by atoms with Crippen LogP contribution in [0.4, 0.5) is 13.2 Å². The summed E-state index contributed by atoms with van der Waals surface area (Å²) in [6, 6.07) is 15.0. The monoisotopic (exact) mass is 287 g/mol. The van der Waals surface area contributed by atoms with Gasteiger partial charge in [0.1, 0.15) is 0 Å². The maximum absolute atomic E-state index is 12.5. The van der Waals surface area contributed by atoms with Crippen molar-refractivity contribution < 1.29 is 13.2 Å². The summed E-state index contributed by atoms with van der Waals surface area (Å²) >= 11 is 0. The highest BCUT2D eigenvalue weighted by Gasteiger charge is 2.29. The largest absolute Gasteiger partial charge is 0.416 e. The molecule has 0 amide bonds. The summed E-state index contributed by atoms with van der Waals surface area (Å²) in [4.78, 5) is 4.35. The quantitative estimate of drug-likeness (QED) is 0.657. The molecule has 0 aliphatic rings. The number of halogens is 3. The fourth-order valence-electron chi connectivity index (χ4n) is 2.33. The van der Waals surface area contributed by atoms with E-state index in [1.807, 2.05) is 30.3 Å². The smallest absolute Gasteiger partial charge is 0.260 e. The molecule has 3 aromatic rings. The van der Waals surface area contributed by atoms with Crippen molar-refractivity contribution >= 4 is 10.8 Å². The Hall–Kier alpha value is -2.36. The van der Waals surface area contributed by atoms with E-state index in [-0.39, 0.29) is 0 Å². The van der Waals surface area contributed by atoms with Gasteiger partial charge in [-0.1, -0.05) is 36.4 Å². The topological polar surface area (TPSA) is 12.9 Å². The first-order valence-electron chi connectivity index (χ1n) is 6.53. The van der Waals surface area contributed by atoms with Crippen LogP contribution < -0.4 is 0 Å². The molecule has 4 heteroatoms. The Kier molecular flexibility index (Phi) is 3.37. The highest BCUT2D eigenvalue weighted by atomic mass is 19.4. The van der Waals surface area contributed by atoms with Crippen LogP contribution in [0, 0.1) is 0 Å². The van der Waals surface area contributed by atoms with Gasteiger partial charge in [0.15, 0.2) is 0 Å². The third kappa shape index (κ3) is 2.89. The van der Waals surface area contributed by atoms with E-state index in [4.69, 9.17) is 0 Å². The highest BCUT2D eigenvalue weighted by molar-refractivity contribution is 5.84. The van der Waals surface area contributed by atoms with Gasteiger partial charge in [0.25, 0.3) is 0 Å². The predicted octanol–water partition coefficient (Wildman–Crippen LogP) is 4.84. The average Bonchev–Trinajstić information content (AvgIpc) is 2.47. The van der Waals surface area contributed by atoms with Gasteiger partial charge < -0.3 is 0 Å². The number of hydrogen-bond donors (Lipinski definition) is 0. The number of rotatable bonds is 2. The van der Waals surface area contributed by atoms with E-state index in [9.17, 15) is 13.2 Å². The van der Waals surface area contributed by atoms with E-state index in [1.54, 1.807) is 6.20 Å². The van der Waals surface area contributed by atoms with Crippen LogP contribution in [0.5, 0.6) is 0 Å². The van der Waals surface area contributed by atoms with E-state index in [1.165, 1.54) is 12.1 Å². The molecule has 0 unspecified atom stereocenters. The number of fused-ring (bicyclic) bond motifs is 1. The minimum absolute atomic E-state index is 0.513. The molecule has 0 saturated heterocycles. The molecule has 3 rings (SSSR count). The molecule has 1 aromatic heterocycles. The SMILES string of the molecule is FC(F)(F)c1ccc(Cc2nccc3ccccc23)cc1. The van der Waals surface area contributed by atoms with Crippen LogP contribution in [0.3, 0.4) is 0 Å². The standard InChI is InChI=1S/C17H12F3N/c18-17(19,20)14-7-5-12(6-8-14)11-16-15-4-2-1-3-13(15)9-10-21-16/h1-10H,11H2. The van der Waals surface area contributed by atoms with Crippen molar-refractivity contribution in [3.05, 3.63) is 77.6 Å². The van der Waals surface area contributed by atoms with Crippen molar-refractivity contribution in [2.45, 2.75) is 12.6 Å². The zero-order valence-electron chi connectivity index (χ0n) is 11.1. The number of hydrogen-bond acceptors (Lipinski definition) is 1. The molecule has 0 saturated carbocycles. The Morgan fingerprint density at radius 3 is 2.29 bits per heavy atom. The van der Waals surface area contributed by atoms with Crippen LogP contribution in [-0.2, 0) is 12.6 Å². The lowest BCUT2D eigenvalue weighted by atomic mass is 10.0. The Morgan fingerprint density at radius 2 is 1.57 bits per heavy atom. The molecular formula is C17H12F3N. The number of nitrogens with zero attached hydrogens (tertiary/aromatic N) is 1. The van der Waals surface area contributed by atoms with Gasteiger partial charge in [0, 0.05) is 18.0 Å². The van der Waals surface area contributed by atoms with E-state index in [2.05, 4.69) is 4.98 Å². The van der Waals surface area contributed by atoms with E-state index >= 15 is 0 Å². The number of alkyl halides is 3. The predicted molar refractivity (Wildman–Crippen MR) is 76.0 cm³/mol. The summed E-state index contributed by atoms with van der Waals surface area (Å²) in [5, 5.41) is 2.11. The molecule has 2 aromatic carbocycles. The molecule has 0 bridgehead atoms. The fraction of sp³-hybridized carbons (Fsp3) is 0.118. The molecule has 0 fully saturated rings. The van der Waals surface area contributed by atoms with Gasteiger partial charge in [-0.25, -0.2) is 0 Å². The van der Waals surface area contributed by atoms with Gasteiger partial charge in [-0.3, -0.25) is 4.98 Å². The Morgan fingerprint density at radius 1 is 0.857 bits per heavy atom. The normalized spacial score (nSPS) is 11.8. The van der Waals surface area contributed by atoms with Crippen LogP contribution >= 0.6 is 0 Å². The zero-order valence-corrected chi connectivity index (χ0v) is 11.1. The highest BCUT2D eigenvalue weighted by Crippen LogP contribution is 2.29. The summed E-state index contributed by atoms with van der Waals surface area (Å²) in [5.41, 5.74) is 1.05. The molecule has 0 spiro atoms. The zero-order chi connectivity index (χ0) is 14.9. The molecule has 0 atom stereocenters. The first-order valence-corrected chi connectivity index (χ1v) is 6.53. The maximum Gasteiger partial charge on any atom is 0.416 e. The first kappa shape index (κ1) is 13.6. The van der Waals surface area contributed by atoms with Crippen LogP contribution in [0.15, 0.2) is 60.8 Å². The number of pyridine rings is 1. The molecule has 1 nitrogen and oxygen atoms in total. The van der Waals surface area contributed by atoms with Gasteiger partial charge in [-0.2, -0.15) is 13.2 Å². The lowest BCUT2D eigenvalue weighted by molar-refractivity contribution is -0.137. The van der Waals surface area contributed by atoms with Gasteiger partial charge >= 0.3 is 6.18 Å². The van der Waals surface area contributed by atoms with Gasteiger partial charge in [-0.15, -0.1) is 0 Å². The third-order valence-corrected chi connectivity index (χ3v) is 3.41. The van der Waals surface area contributed by atoms with Crippen molar-refractivity contribution in [3.63, 3.8) is 0 Å². The molecule has 0 radical (unpaired) electrons. The van der Waals surface area contributed by atoms with Gasteiger partial charge in [0.05, 0.1) is 11.3 Å². The second-order valence-electron chi connectivity index (χ2n) is 4.85. The molecule has 1 heterocycles. The summed E-state index contributed by atoms with van der Waals surface area (Å²) in [6.07, 6.45) is -2.06. The fourth-order valence-corrected chi connectivity index (χ4v) is 2.33. The molecular weight excluding hydrogens is 275 g/mol. The minimum Gasteiger partial charge on any atom is -0.260 e. The first-order chi connectivity index (χ1) is 10.0. The molecule has 0 aliphatic carbocycles. The van der Waals surface area contributed by atoms with Crippen molar-refractivity contribution in [3.8, 4) is 0 Å². The van der Waals surface area contributed by atoms with E-state index in [0.29, 0.717) is 6.42 Å². The summed E-state index contributed by atoms with van der Waals surface area (Å²) in [6.45, 7) is 0. The van der Waals surface area contributed by atoms with E-state index in [0.717, 1.165) is 34.2 Å². The Labute approximate surface area is 120 Å². The minimum atomic E-state index is -4.30. The van der Waals surface area contributed by atoms with Crippen LogP contribution in [0.25, 0.3) is 10.8 Å². The van der Waals surface area contributed by atoms with Crippen LogP contribution in [0.1, 0.15) is 16.8 Å². The third-order valence-electron chi connectivity index (χ3n) is 3.41. The second kappa shape index (κ2) is 5.20.